The maximum absolute atomic E-state index is 16.0. The molecule has 3 fully saturated rings. The van der Waals surface area contributed by atoms with Gasteiger partial charge in [0.05, 0.1) is 12.7 Å². The van der Waals surface area contributed by atoms with Crippen LogP contribution in [0.2, 0.25) is 0 Å². The monoisotopic (exact) mass is 585 g/mol. The Labute approximate surface area is 253 Å². The van der Waals surface area contributed by atoms with Gasteiger partial charge in [-0.15, -0.1) is 0 Å². The number of methoxy groups -OCH3 is 1. The Bertz CT molecular complexity index is 1030. The van der Waals surface area contributed by atoms with E-state index in [1.54, 1.807) is 13.2 Å². The second kappa shape index (κ2) is 14.4. The van der Waals surface area contributed by atoms with Gasteiger partial charge in [0.1, 0.15) is 11.9 Å². The van der Waals surface area contributed by atoms with E-state index in [1.165, 1.54) is 32.1 Å². The number of aromatic hydroxyl groups is 1. The number of amides is 1. The van der Waals surface area contributed by atoms with Crippen LogP contribution in [0.1, 0.15) is 120 Å². The fourth-order valence-electron chi connectivity index (χ4n) is 9.62. The fraction of sp³-hybridized carbons (Fsp3) is 0.806. The molecule has 5 rings (SSSR count). The van der Waals surface area contributed by atoms with Crippen LogP contribution in [0.5, 0.6) is 5.75 Å². The molecule has 2 N–H and O–H groups in total. The quantitative estimate of drug-likeness (QED) is 0.234. The standard InChI is InChI=1S/C36H56FNO4/c1-36-24-31(37)35-29-15-14-28(39)23-27(29)22-26(34(35)30(36)16-17-32(36)40)12-8-3-4-9-19-38(20-21-42-2)33(41)18-13-25-10-6-5-7-11-25/h14-15,23,25-26,30-32,34-35,39-40H,3-13,16-22,24H2,1-2H3/t26-,30+,31+,32+,34+,35+,36+/m1/s1. The third-order valence-corrected chi connectivity index (χ3v) is 11.9. The van der Waals surface area contributed by atoms with E-state index in [4.69, 9.17) is 4.74 Å². The SMILES string of the molecule is COCCN(CCCCCC[C@@H]1Cc2cc(O)ccc2[C@@H]2[C@@H]1[C@@H]1CC[C@H](O)[C@@]1(C)C[C@@H]2F)C(=O)CCC1CCCCC1. The van der Waals surface area contributed by atoms with Gasteiger partial charge in [0.15, 0.2) is 0 Å². The summed E-state index contributed by atoms with van der Waals surface area (Å²) in [4.78, 5) is 15.1. The molecule has 6 heteroatoms. The lowest BCUT2D eigenvalue weighted by atomic mass is 9.51. The number of carbonyl (C=O) groups excluding carboxylic acids is 1. The first-order valence-corrected chi connectivity index (χ1v) is 17.2. The van der Waals surface area contributed by atoms with E-state index in [9.17, 15) is 15.0 Å². The molecule has 0 saturated heterocycles. The van der Waals surface area contributed by atoms with Gasteiger partial charge in [-0.25, -0.2) is 4.39 Å². The summed E-state index contributed by atoms with van der Waals surface area (Å²) in [6.45, 7) is 4.19. The highest BCUT2D eigenvalue weighted by atomic mass is 19.1. The first-order valence-electron chi connectivity index (χ1n) is 17.2. The van der Waals surface area contributed by atoms with Gasteiger partial charge in [-0.2, -0.15) is 0 Å². The number of unbranched alkanes of at least 4 members (excludes halogenated alkanes) is 3. The molecule has 0 aromatic heterocycles. The molecule has 3 saturated carbocycles. The molecule has 0 aliphatic heterocycles. The van der Waals surface area contributed by atoms with Crippen molar-refractivity contribution in [3.05, 3.63) is 29.3 Å². The van der Waals surface area contributed by atoms with Gasteiger partial charge in [0.2, 0.25) is 5.91 Å². The normalized spacial score (nSPS) is 32.7. The Balaban J connectivity index is 1.14. The van der Waals surface area contributed by atoms with Crippen molar-refractivity contribution in [3.63, 3.8) is 0 Å². The summed E-state index contributed by atoms with van der Waals surface area (Å²) in [7, 11) is 1.70. The summed E-state index contributed by atoms with van der Waals surface area (Å²) >= 11 is 0. The van der Waals surface area contributed by atoms with E-state index < -0.39 is 12.3 Å². The molecular formula is C36H56FNO4. The Morgan fingerprint density at radius 3 is 2.62 bits per heavy atom. The number of alkyl halides is 1. The van der Waals surface area contributed by atoms with E-state index >= 15 is 4.39 Å². The van der Waals surface area contributed by atoms with Crippen LogP contribution in [-0.2, 0) is 16.0 Å². The number of ether oxygens (including phenoxy) is 1. The van der Waals surface area contributed by atoms with Crippen molar-refractivity contribution in [2.75, 3.05) is 26.8 Å². The topological polar surface area (TPSA) is 70.0 Å². The van der Waals surface area contributed by atoms with Crippen LogP contribution in [0.25, 0.3) is 0 Å². The van der Waals surface area contributed by atoms with Crippen LogP contribution in [0.3, 0.4) is 0 Å². The molecule has 0 spiro atoms. The largest absolute Gasteiger partial charge is 0.508 e. The van der Waals surface area contributed by atoms with Crippen molar-refractivity contribution in [1.82, 2.24) is 4.90 Å². The summed E-state index contributed by atoms with van der Waals surface area (Å²) in [5.74, 6) is 2.13. The van der Waals surface area contributed by atoms with Crippen molar-refractivity contribution in [2.24, 2.45) is 29.1 Å². The first-order chi connectivity index (χ1) is 20.3. The van der Waals surface area contributed by atoms with E-state index in [0.29, 0.717) is 37.8 Å². The zero-order valence-corrected chi connectivity index (χ0v) is 26.2. The molecule has 42 heavy (non-hydrogen) atoms. The number of hydrogen-bond acceptors (Lipinski definition) is 4. The van der Waals surface area contributed by atoms with Gasteiger partial charge in [0, 0.05) is 32.5 Å². The lowest BCUT2D eigenvalue weighted by Crippen LogP contribution is -2.51. The highest BCUT2D eigenvalue weighted by molar-refractivity contribution is 5.76. The molecule has 236 valence electrons. The second-order valence-corrected chi connectivity index (χ2v) is 14.5. The predicted octanol–water partition coefficient (Wildman–Crippen LogP) is 7.57. The maximum Gasteiger partial charge on any atom is 0.222 e. The zero-order chi connectivity index (χ0) is 29.7. The summed E-state index contributed by atoms with van der Waals surface area (Å²) < 4.78 is 21.3. The van der Waals surface area contributed by atoms with Gasteiger partial charge in [0.25, 0.3) is 0 Å². The highest BCUT2D eigenvalue weighted by Gasteiger charge is 2.59. The van der Waals surface area contributed by atoms with E-state index in [1.807, 2.05) is 17.0 Å². The fourth-order valence-corrected chi connectivity index (χ4v) is 9.62. The van der Waals surface area contributed by atoms with Crippen molar-refractivity contribution < 1.29 is 24.1 Å². The smallest absolute Gasteiger partial charge is 0.222 e. The number of halogens is 1. The summed E-state index contributed by atoms with van der Waals surface area (Å²) in [5, 5.41) is 21.1. The van der Waals surface area contributed by atoms with Crippen molar-refractivity contribution >= 4 is 5.91 Å². The van der Waals surface area contributed by atoms with Crippen LogP contribution < -0.4 is 0 Å². The van der Waals surface area contributed by atoms with Crippen LogP contribution in [-0.4, -0.2) is 60.1 Å². The molecule has 4 aliphatic rings. The van der Waals surface area contributed by atoms with Gasteiger partial charge in [-0.1, -0.05) is 64.4 Å². The van der Waals surface area contributed by atoms with Gasteiger partial charge in [-0.05, 0) is 97.3 Å². The Morgan fingerprint density at radius 2 is 1.83 bits per heavy atom. The Morgan fingerprint density at radius 1 is 1.05 bits per heavy atom. The summed E-state index contributed by atoms with van der Waals surface area (Å²) in [5.41, 5.74) is 1.88. The third-order valence-electron chi connectivity index (χ3n) is 11.9. The number of phenols is 1. The van der Waals surface area contributed by atoms with Crippen LogP contribution in [0, 0.1) is 29.1 Å². The number of rotatable bonds is 13. The second-order valence-electron chi connectivity index (χ2n) is 14.5. The number of phenolic OH excluding ortho intramolecular Hbond substituents is 1. The minimum Gasteiger partial charge on any atom is -0.508 e. The predicted molar refractivity (Wildman–Crippen MR) is 165 cm³/mol. The molecule has 5 nitrogen and oxygen atoms in total. The third kappa shape index (κ3) is 7.01. The number of nitrogens with zero attached hydrogens (tertiary/aromatic N) is 1. The Kier molecular flexibility index (Phi) is 10.9. The molecule has 0 bridgehead atoms. The van der Waals surface area contributed by atoms with E-state index in [0.717, 1.165) is 81.4 Å². The molecule has 1 aromatic rings. The zero-order valence-electron chi connectivity index (χ0n) is 26.2. The van der Waals surface area contributed by atoms with Crippen LogP contribution >= 0.6 is 0 Å². The number of fused-ring (bicyclic) bond motifs is 5. The number of aliphatic hydroxyl groups is 1. The average Bonchev–Trinajstić information content (AvgIpc) is 3.28. The molecule has 7 atom stereocenters. The molecule has 0 unspecified atom stereocenters. The highest BCUT2D eigenvalue weighted by Crippen LogP contribution is 2.63. The Hall–Kier alpha value is -1.66. The van der Waals surface area contributed by atoms with Crippen molar-refractivity contribution in [1.29, 1.82) is 0 Å². The minimum absolute atomic E-state index is 0.128. The molecular weight excluding hydrogens is 529 g/mol. The number of benzene rings is 1. The van der Waals surface area contributed by atoms with Crippen molar-refractivity contribution in [3.8, 4) is 5.75 Å². The molecule has 1 amide bonds. The molecule has 0 heterocycles. The number of carbonyl (C=O) groups is 1. The van der Waals surface area contributed by atoms with E-state index in [2.05, 4.69) is 6.92 Å². The molecule has 4 aliphatic carbocycles. The number of hydrogen-bond donors (Lipinski definition) is 2. The molecule has 0 radical (unpaired) electrons. The van der Waals surface area contributed by atoms with Crippen LogP contribution in [0.15, 0.2) is 18.2 Å². The lowest BCUT2D eigenvalue weighted by Gasteiger charge is -2.54. The van der Waals surface area contributed by atoms with E-state index in [-0.39, 0.29) is 28.9 Å². The van der Waals surface area contributed by atoms with Gasteiger partial charge >= 0.3 is 0 Å². The summed E-state index contributed by atoms with van der Waals surface area (Å²) in [6, 6.07) is 5.55. The minimum atomic E-state index is -0.955. The average molecular weight is 586 g/mol. The first kappa shape index (κ1) is 31.8. The van der Waals surface area contributed by atoms with Crippen molar-refractivity contribution in [2.45, 2.75) is 128 Å². The lowest BCUT2D eigenvalue weighted by molar-refractivity contribution is -0.132. The number of aliphatic hydroxyl groups excluding tert-OH is 1. The maximum atomic E-state index is 16.0. The summed E-state index contributed by atoms with van der Waals surface area (Å²) in [6.07, 6.45) is 15.3. The van der Waals surface area contributed by atoms with Gasteiger partial charge in [-0.3, -0.25) is 4.79 Å². The van der Waals surface area contributed by atoms with Crippen LogP contribution in [0.4, 0.5) is 4.39 Å². The molecule has 1 aromatic carbocycles. The van der Waals surface area contributed by atoms with Gasteiger partial charge < -0.3 is 19.8 Å².